The summed E-state index contributed by atoms with van der Waals surface area (Å²) in [6.45, 7) is 1.79. The zero-order valence-corrected chi connectivity index (χ0v) is 14.6. The van der Waals surface area contributed by atoms with E-state index >= 15 is 0 Å². The Bertz CT molecular complexity index is 924. The number of aromatic nitrogens is 1. The lowest BCUT2D eigenvalue weighted by Gasteiger charge is -2.31. The summed E-state index contributed by atoms with van der Waals surface area (Å²) in [6.07, 6.45) is 1.03. The first-order valence-electron chi connectivity index (χ1n) is 8.52. The van der Waals surface area contributed by atoms with Crippen molar-refractivity contribution in [1.82, 2.24) is 14.4 Å². The van der Waals surface area contributed by atoms with E-state index in [0.29, 0.717) is 43.3 Å². The maximum absolute atomic E-state index is 13.2. The fraction of sp³-hybridized carbons (Fsp3) is 0.444. The number of nitrogens with zero attached hydrogens (tertiary/aromatic N) is 3. The number of halogens is 1. The molecule has 0 bridgehead atoms. The number of rotatable bonds is 1. The number of benzene rings is 1. The van der Waals surface area contributed by atoms with Crippen LogP contribution in [0.15, 0.2) is 24.3 Å². The number of hydrogen-bond acceptors (Lipinski definition) is 3. The van der Waals surface area contributed by atoms with Crippen LogP contribution in [0.3, 0.4) is 0 Å². The standard InChI is InChI=1S/C18H18ClN3O3/c1-20-13-9-12(19)3-2-11(13)8-14(20)17(24)21-5-4-18-15(21)10-16(23)22(18)6-7-25-18/h2-3,8-9,15H,4-7,10H2,1H3/t15-,18+/m1/s1. The second-order valence-electron chi connectivity index (χ2n) is 7.00. The summed E-state index contributed by atoms with van der Waals surface area (Å²) in [6, 6.07) is 7.30. The Morgan fingerprint density at radius 2 is 2.16 bits per heavy atom. The number of aryl methyl sites for hydroxylation is 1. The molecule has 1 aromatic carbocycles. The van der Waals surface area contributed by atoms with Crippen LogP contribution in [-0.4, -0.2) is 57.6 Å². The molecule has 3 aliphatic heterocycles. The van der Waals surface area contributed by atoms with E-state index in [1.54, 1.807) is 0 Å². The number of amides is 2. The van der Waals surface area contributed by atoms with Gasteiger partial charge in [0, 0.05) is 42.5 Å². The summed E-state index contributed by atoms with van der Waals surface area (Å²) in [5, 5.41) is 1.62. The van der Waals surface area contributed by atoms with Gasteiger partial charge in [0.1, 0.15) is 5.69 Å². The lowest BCUT2D eigenvalue weighted by atomic mass is 10.1. The Morgan fingerprint density at radius 1 is 1.32 bits per heavy atom. The van der Waals surface area contributed by atoms with Gasteiger partial charge in [0.15, 0.2) is 5.72 Å². The van der Waals surface area contributed by atoms with Crippen molar-refractivity contribution in [3.63, 3.8) is 0 Å². The monoisotopic (exact) mass is 359 g/mol. The average Bonchev–Trinajstić information content (AvgIpc) is 3.30. The normalized spacial score (nSPS) is 28.1. The van der Waals surface area contributed by atoms with Crippen molar-refractivity contribution >= 4 is 34.3 Å². The summed E-state index contributed by atoms with van der Waals surface area (Å²) >= 11 is 6.09. The van der Waals surface area contributed by atoms with Crippen LogP contribution in [0.2, 0.25) is 5.02 Å². The van der Waals surface area contributed by atoms with Crippen LogP contribution in [0.5, 0.6) is 0 Å². The summed E-state index contributed by atoms with van der Waals surface area (Å²) < 4.78 is 7.84. The molecule has 0 saturated carbocycles. The molecule has 3 fully saturated rings. The van der Waals surface area contributed by atoms with Crippen LogP contribution in [0, 0.1) is 0 Å². The molecule has 0 radical (unpaired) electrons. The van der Waals surface area contributed by atoms with E-state index in [0.717, 1.165) is 10.9 Å². The smallest absolute Gasteiger partial charge is 0.270 e. The van der Waals surface area contributed by atoms with Gasteiger partial charge < -0.3 is 19.1 Å². The molecule has 3 saturated heterocycles. The number of ether oxygens (including phenoxy) is 1. The minimum Gasteiger partial charge on any atom is -0.351 e. The van der Waals surface area contributed by atoms with Crippen molar-refractivity contribution < 1.29 is 14.3 Å². The lowest BCUT2D eigenvalue weighted by Crippen LogP contribution is -2.49. The van der Waals surface area contributed by atoms with Gasteiger partial charge in [0.05, 0.1) is 19.1 Å². The van der Waals surface area contributed by atoms with E-state index in [-0.39, 0.29) is 17.9 Å². The molecule has 2 aromatic rings. The second-order valence-corrected chi connectivity index (χ2v) is 7.44. The van der Waals surface area contributed by atoms with Crippen molar-refractivity contribution in [1.29, 1.82) is 0 Å². The third-order valence-electron chi connectivity index (χ3n) is 5.89. The number of likely N-dealkylation sites (tertiary alicyclic amines) is 1. The number of hydrogen-bond donors (Lipinski definition) is 0. The molecule has 6 nitrogen and oxygen atoms in total. The number of fused-ring (bicyclic) bond motifs is 1. The van der Waals surface area contributed by atoms with E-state index in [4.69, 9.17) is 16.3 Å². The number of carbonyl (C=O) groups excluding carboxylic acids is 2. The molecule has 130 valence electrons. The predicted octanol–water partition coefficient (Wildman–Crippen LogP) is 2.01. The van der Waals surface area contributed by atoms with Gasteiger partial charge in [-0.3, -0.25) is 9.59 Å². The molecule has 3 aliphatic rings. The summed E-state index contributed by atoms with van der Waals surface area (Å²) in [7, 11) is 1.87. The minimum atomic E-state index is -0.597. The van der Waals surface area contributed by atoms with Crippen LogP contribution < -0.4 is 0 Å². The highest BCUT2D eigenvalue weighted by Gasteiger charge is 2.63. The molecule has 0 aliphatic carbocycles. The van der Waals surface area contributed by atoms with Gasteiger partial charge in [0.25, 0.3) is 5.91 Å². The molecule has 4 heterocycles. The molecule has 0 N–H and O–H groups in total. The van der Waals surface area contributed by atoms with Gasteiger partial charge >= 0.3 is 0 Å². The molecule has 25 heavy (non-hydrogen) atoms. The van der Waals surface area contributed by atoms with Gasteiger partial charge in [-0.1, -0.05) is 17.7 Å². The van der Waals surface area contributed by atoms with Crippen LogP contribution in [0.1, 0.15) is 23.3 Å². The Balaban J connectivity index is 1.53. The molecule has 1 aromatic heterocycles. The van der Waals surface area contributed by atoms with Gasteiger partial charge in [0.2, 0.25) is 5.91 Å². The fourth-order valence-corrected chi connectivity index (χ4v) is 4.86. The van der Waals surface area contributed by atoms with Crippen molar-refractivity contribution in [3.05, 3.63) is 35.0 Å². The van der Waals surface area contributed by atoms with Gasteiger partial charge in [-0.05, 0) is 18.2 Å². The summed E-state index contributed by atoms with van der Waals surface area (Å²) in [5.74, 6) is 0.0330. The maximum Gasteiger partial charge on any atom is 0.270 e. The first-order chi connectivity index (χ1) is 12.0. The molecule has 7 heteroatoms. The molecular formula is C18H18ClN3O3. The molecule has 2 atom stereocenters. The molecule has 5 rings (SSSR count). The minimum absolute atomic E-state index is 0.0538. The third-order valence-corrected chi connectivity index (χ3v) is 6.12. The predicted molar refractivity (Wildman–Crippen MR) is 92.4 cm³/mol. The topological polar surface area (TPSA) is 54.8 Å². The summed E-state index contributed by atoms with van der Waals surface area (Å²) in [4.78, 5) is 29.2. The van der Waals surface area contributed by atoms with E-state index in [2.05, 4.69) is 0 Å². The zero-order valence-electron chi connectivity index (χ0n) is 13.9. The second kappa shape index (κ2) is 4.99. The third kappa shape index (κ3) is 1.89. The van der Waals surface area contributed by atoms with E-state index < -0.39 is 5.72 Å². The Morgan fingerprint density at radius 3 is 3.00 bits per heavy atom. The van der Waals surface area contributed by atoms with Crippen molar-refractivity contribution in [2.75, 3.05) is 19.7 Å². The zero-order chi connectivity index (χ0) is 17.3. The van der Waals surface area contributed by atoms with Crippen LogP contribution in [0.25, 0.3) is 10.9 Å². The highest BCUT2D eigenvalue weighted by atomic mass is 35.5. The quantitative estimate of drug-likeness (QED) is 0.782. The highest BCUT2D eigenvalue weighted by Crippen LogP contribution is 2.46. The van der Waals surface area contributed by atoms with Crippen molar-refractivity contribution in [2.45, 2.75) is 24.6 Å². The summed E-state index contributed by atoms with van der Waals surface area (Å²) in [5.41, 5.74) is 0.935. The molecule has 2 amide bonds. The van der Waals surface area contributed by atoms with Crippen LogP contribution in [-0.2, 0) is 16.6 Å². The average molecular weight is 360 g/mol. The van der Waals surface area contributed by atoms with Gasteiger partial charge in [-0.2, -0.15) is 0 Å². The maximum atomic E-state index is 13.2. The largest absolute Gasteiger partial charge is 0.351 e. The van der Waals surface area contributed by atoms with Gasteiger partial charge in [-0.25, -0.2) is 0 Å². The first kappa shape index (κ1) is 15.2. The van der Waals surface area contributed by atoms with Crippen molar-refractivity contribution in [2.24, 2.45) is 7.05 Å². The van der Waals surface area contributed by atoms with Crippen molar-refractivity contribution in [3.8, 4) is 0 Å². The fourth-order valence-electron chi connectivity index (χ4n) is 4.69. The van der Waals surface area contributed by atoms with Crippen LogP contribution in [0.4, 0.5) is 0 Å². The highest BCUT2D eigenvalue weighted by molar-refractivity contribution is 6.31. The molecule has 0 unspecified atom stereocenters. The first-order valence-corrected chi connectivity index (χ1v) is 8.89. The lowest BCUT2D eigenvalue weighted by molar-refractivity contribution is -0.136. The van der Waals surface area contributed by atoms with E-state index in [9.17, 15) is 9.59 Å². The Hall–Kier alpha value is -2.05. The molecule has 1 spiro atoms. The SMILES string of the molecule is Cn1c(C(=O)N2CC[C@@]34OCCN3C(=O)C[C@@H]24)cc2ccc(Cl)cc21. The molecular weight excluding hydrogens is 342 g/mol. The Labute approximate surface area is 149 Å². The van der Waals surface area contributed by atoms with E-state index in [1.807, 2.05) is 45.7 Å². The Kier molecular flexibility index (Phi) is 3.04. The van der Waals surface area contributed by atoms with E-state index in [1.165, 1.54) is 0 Å². The number of carbonyl (C=O) groups is 2. The van der Waals surface area contributed by atoms with Gasteiger partial charge in [-0.15, -0.1) is 0 Å². The van der Waals surface area contributed by atoms with Crippen LogP contribution >= 0.6 is 11.6 Å².